The predicted molar refractivity (Wildman–Crippen MR) is 191 cm³/mol. The Kier molecular flexibility index (Phi) is 94.6. The maximum absolute atomic E-state index is 10.0. The lowest BCUT2D eigenvalue weighted by Crippen LogP contribution is -2.22. The highest BCUT2D eigenvalue weighted by atomic mass is 32.2. The zero-order chi connectivity index (χ0) is 36.2. The molecule has 0 bridgehead atoms. The number of nitrogens with two attached hydrogens (primary N) is 3. The van der Waals surface area contributed by atoms with Gasteiger partial charge in [0.05, 0.1) is 0 Å². The fourth-order valence-electron chi connectivity index (χ4n) is 0.432. The van der Waals surface area contributed by atoms with Gasteiger partial charge in [0.15, 0.2) is 5.96 Å². The Morgan fingerprint density at radius 1 is 0.762 bits per heavy atom. The number of sulfone groups is 1. The third-order valence-corrected chi connectivity index (χ3v) is 4.32. The molecule has 0 rings (SSSR count). The summed E-state index contributed by atoms with van der Waals surface area (Å²) in [7, 11) is -2.66. The minimum Gasteiger partial charge on any atom is -0.397 e. The molecule has 0 aromatic rings. The second-order valence-corrected chi connectivity index (χ2v) is 11.8. The van der Waals surface area contributed by atoms with Crippen LogP contribution in [0.4, 0.5) is 0 Å². The van der Waals surface area contributed by atoms with Gasteiger partial charge < -0.3 is 27.6 Å². The quantitative estimate of drug-likeness (QED) is 0.168. The Bertz CT molecular complexity index is 568. The number of hydrogen-bond acceptors (Lipinski definition) is 6. The number of amides is 2. The van der Waals surface area contributed by atoms with E-state index in [1.54, 1.807) is 20.8 Å². The standard InChI is InChI=1S/2C5H12.C4H9NO.C3H9N3.C3H7NO.C3H8O2S.2C3H8.C2H6O/c2*1-4-5(2)3;1-3-5-4(2)6;1-2-6-3(4)5;1-2-3(4)5;1-3-6(2,4)5;2*1-3-2;1-2-3/h2*5H,4H2,1-3H3;3H2,1-2H3,(H,5,6);2H2,1H3,(H4,4,5,6);2H2,1H3,(H2,4,5);3H2,1-2H3;2*3H2,1-2H3;3H,2H2,1H3. The second-order valence-electron chi connectivity index (χ2n) is 9.35. The molecule has 0 radical (unpaired) electrons. The van der Waals surface area contributed by atoms with E-state index >= 15 is 0 Å². The molecule has 0 saturated carbocycles. The summed E-state index contributed by atoms with van der Waals surface area (Å²) in [4.78, 5) is 23.1. The first kappa shape index (κ1) is 63.4. The summed E-state index contributed by atoms with van der Waals surface area (Å²) in [5.41, 5.74) is 14.5. The number of aliphatic hydroxyl groups is 1. The van der Waals surface area contributed by atoms with Gasteiger partial charge in [0.25, 0.3) is 0 Å². The van der Waals surface area contributed by atoms with Crippen molar-refractivity contribution in [1.29, 1.82) is 0 Å². The number of nitrogens with zero attached hydrogens (tertiary/aromatic N) is 1. The number of rotatable bonds is 6. The highest BCUT2D eigenvalue weighted by molar-refractivity contribution is 7.90. The fraction of sp³-hybridized carbons (Fsp3) is 0.903. The third-order valence-electron chi connectivity index (χ3n) is 3.27. The molecule has 0 heterocycles. The Labute approximate surface area is 264 Å². The largest absolute Gasteiger partial charge is 0.397 e. The SMILES string of the molecule is CCC.CCC.CCC(C)C.CCC(C)C.CCC(N)=O.CCN=C(N)N.CCNC(C)=O.CCO.CCS(C)(=O)=O. The number of carbonyl (C=O) groups excluding carboxylic acids is 2. The molecule has 0 unspecified atom stereocenters. The van der Waals surface area contributed by atoms with Crippen LogP contribution >= 0.6 is 0 Å². The van der Waals surface area contributed by atoms with Crippen molar-refractivity contribution < 1.29 is 23.1 Å². The van der Waals surface area contributed by atoms with Gasteiger partial charge in [-0.15, -0.1) is 0 Å². The van der Waals surface area contributed by atoms with E-state index in [-0.39, 0.29) is 30.1 Å². The minimum absolute atomic E-state index is 0.0394. The summed E-state index contributed by atoms with van der Waals surface area (Å²) in [5.74, 6) is 1.97. The Morgan fingerprint density at radius 2 is 0.976 bits per heavy atom. The summed E-state index contributed by atoms with van der Waals surface area (Å²) < 4.78 is 20.0. The maximum atomic E-state index is 10.0. The molecule has 0 aliphatic rings. The zero-order valence-electron chi connectivity index (χ0n) is 31.2. The molecule has 2 amide bonds. The molecule has 0 aliphatic heterocycles. The van der Waals surface area contributed by atoms with E-state index in [9.17, 15) is 18.0 Å². The van der Waals surface area contributed by atoms with Crippen molar-refractivity contribution in [2.45, 2.75) is 143 Å². The predicted octanol–water partition coefficient (Wildman–Crippen LogP) is 6.29. The maximum Gasteiger partial charge on any atom is 0.217 e. The first-order valence-electron chi connectivity index (χ1n) is 15.5. The van der Waals surface area contributed by atoms with Crippen LogP contribution in [0.15, 0.2) is 4.99 Å². The minimum atomic E-state index is -2.66. The molecule has 10 nitrogen and oxygen atoms in total. The van der Waals surface area contributed by atoms with Gasteiger partial charge in [0.2, 0.25) is 11.8 Å². The van der Waals surface area contributed by atoms with Crippen LogP contribution in [0.2, 0.25) is 0 Å². The van der Waals surface area contributed by atoms with Crippen molar-refractivity contribution in [3.8, 4) is 0 Å². The van der Waals surface area contributed by atoms with Crippen molar-refractivity contribution in [2.75, 3.05) is 31.7 Å². The Hall–Kier alpha value is -1.88. The normalized spacial score (nSPS) is 8.29. The monoisotopic (exact) mass is 634 g/mol. The van der Waals surface area contributed by atoms with E-state index < -0.39 is 9.84 Å². The molecule has 0 saturated heterocycles. The summed E-state index contributed by atoms with van der Waals surface area (Å²) >= 11 is 0. The summed E-state index contributed by atoms with van der Waals surface area (Å²) in [6.07, 6.45) is 6.77. The van der Waals surface area contributed by atoms with Crippen molar-refractivity contribution in [3.63, 3.8) is 0 Å². The molecule has 0 aliphatic carbocycles. The topological polar surface area (TPSA) is 191 Å². The Morgan fingerprint density at radius 3 is 0.976 bits per heavy atom. The molecule has 0 aromatic carbocycles. The summed E-state index contributed by atoms with van der Waals surface area (Å²) in [6, 6.07) is 0. The van der Waals surface area contributed by atoms with Crippen LogP contribution in [0.5, 0.6) is 0 Å². The van der Waals surface area contributed by atoms with Crippen molar-refractivity contribution in [3.05, 3.63) is 0 Å². The molecular formula is C31H79N5O5S. The molecule has 0 atom stereocenters. The molecule has 264 valence electrons. The highest BCUT2D eigenvalue weighted by Gasteiger charge is 1.90. The Balaban J connectivity index is -0.0000000422. The van der Waals surface area contributed by atoms with Crippen LogP contribution in [0.3, 0.4) is 0 Å². The van der Waals surface area contributed by atoms with Crippen molar-refractivity contribution in [1.82, 2.24) is 5.32 Å². The summed E-state index contributed by atoms with van der Waals surface area (Å²) in [5, 5.41) is 10.1. The van der Waals surface area contributed by atoms with Crippen LogP contribution in [-0.2, 0) is 19.4 Å². The number of hydrogen-bond donors (Lipinski definition) is 5. The van der Waals surface area contributed by atoms with Gasteiger partial charge in [0.1, 0.15) is 9.84 Å². The van der Waals surface area contributed by atoms with Gasteiger partial charge in [0, 0.05) is 45.0 Å². The lowest BCUT2D eigenvalue weighted by atomic mass is 10.2. The molecule has 0 fully saturated rings. The first-order valence-corrected chi connectivity index (χ1v) is 17.6. The van der Waals surface area contributed by atoms with Gasteiger partial charge >= 0.3 is 0 Å². The van der Waals surface area contributed by atoms with Gasteiger partial charge in [-0.05, 0) is 32.6 Å². The number of nitrogens with one attached hydrogen (secondary N) is 1. The van der Waals surface area contributed by atoms with Crippen LogP contribution in [-0.4, -0.2) is 63.0 Å². The number of carbonyl (C=O) groups is 2. The van der Waals surface area contributed by atoms with E-state index in [4.69, 9.17) is 16.6 Å². The lowest BCUT2D eigenvalue weighted by molar-refractivity contribution is -0.119. The van der Waals surface area contributed by atoms with E-state index in [2.05, 4.69) is 85.3 Å². The third kappa shape index (κ3) is 305. The summed E-state index contributed by atoms with van der Waals surface area (Å²) in [6.45, 7) is 33.7. The molecule has 8 N–H and O–H groups in total. The number of aliphatic imine (C=N–C) groups is 1. The van der Waals surface area contributed by atoms with Crippen LogP contribution < -0.4 is 22.5 Å². The average Bonchev–Trinajstić information content (AvgIpc) is 2.86. The van der Waals surface area contributed by atoms with E-state index in [1.165, 1.54) is 38.9 Å². The molecule has 42 heavy (non-hydrogen) atoms. The molecular weight excluding hydrogens is 554 g/mol. The smallest absolute Gasteiger partial charge is 0.217 e. The van der Waals surface area contributed by atoms with Crippen LogP contribution in [0.25, 0.3) is 0 Å². The first-order chi connectivity index (χ1) is 19.2. The zero-order valence-corrected chi connectivity index (χ0v) is 32.0. The number of aliphatic hydroxyl groups excluding tert-OH is 1. The molecule has 0 spiro atoms. The van der Waals surface area contributed by atoms with Crippen molar-refractivity contribution in [2.24, 2.45) is 34.0 Å². The van der Waals surface area contributed by atoms with E-state index in [1.807, 2.05) is 13.8 Å². The van der Waals surface area contributed by atoms with Gasteiger partial charge in [-0.1, -0.05) is 109 Å². The number of guanidine groups is 1. The van der Waals surface area contributed by atoms with Gasteiger partial charge in [-0.2, -0.15) is 0 Å². The van der Waals surface area contributed by atoms with Gasteiger partial charge in [-0.3, -0.25) is 14.6 Å². The van der Waals surface area contributed by atoms with Crippen LogP contribution in [0.1, 0.15) is 143 Å². The fourth-order valence-corrected chi connectivity index (χ4v) is 0.432. The molecule has 0 aromatic heterocycles. The van der Waals surface area contributed by atoms with E-state index in [0.717, 1.165) is 18.4 Å². The number of primary amides is 1. The second kappa shape index (κ2) is 62.7. The molecule has 11 heteroatoms. The van der Waals surface area contributed by atoms with Gasteiger partial charge in [-0.25, -0.2) is 8.42 Å². The highest BCUT2D eigenvalue weighted by Crippen LogP contribution is 1.94. The van der Waals surface area contributed by atoms with Crippen molar-refractivity contribution >= 4 is 27.6 Å². The average molecular weight is 634 g/mol. The van der Waals surface area contributed by atoms with Crippen LogP contribution in [0, 0.1) is 11.8 Å². The lowest BCUT2D eigenvalue weighted by Gasteiger charge is -1.90. The van der Waals surface area contributed by atoms with E-state index in [0.29, 0.717) is 13.0 Å².